The number of hydrogen-bond acceptors (Lipinski definition) is 3. The van der Waals surface area contributed by atoms with Crippen LogP contribution in [0.25, 0.3) is 0 Å². The van der Waals surface area contributed by atoms with Crippen molar-refractivity contribution in [3.63, 3.8) is 0 Å². The van der Waals surface area contributed by atoms with E-state index in [4.69, 9.17) is 5.11 Å². The first kappa shape index (κ1) is 12.6. The fraction of sp³-hybridized carbons (Fsp3) is 0.500. The lowest BCUT2D eigenvalue weighted by Crippen LogP contribution is -2.25. The molecule has 4 nitrogen and oxygen atoms in total. The van der Waals surface area contributed by atoms with E-state index in [1.54, 1.807) is 12.4 Å². The van der Waals surface area contributed by atoms with Gasteiger partial charge in [0, 0.05) is 31.9 Å². The molecule has 0 aliphatic carbocycles. The van der Waals surface area contributed by atoms with Gasteiger partial charge in [0.1, 0.15) is 0 Å². The summed E-state index contributed by atoms with van der Waals surface area (Å²) in [6.07, 6.45) is 3.76. The number of aliphatic carboxylic acids is 1. The van der Waals surface area contributed by atoms with Crippen LogP contribution in [0.1, 0.15) is 18.9 Å². The van der Waals surface area contributed by atoms with E-state index >= 15 is 0 Å². The van der Waals surface area contributed by atoms with Gasteiger partial charge in [0.2, 0.25) is 0 Å². The van der Waals surface area contributed by atoms with Gasteiger partial charge in [-0.1, -0.05) is 6.92 Å². The molecule has 1 unspecified atom stereocenters. The first-order chi connectivity index (χ1) is 7.58. The Labute approximate surface area is 95.9 Å². The predicted molar refractivity (Wildman–Crippen MR) is 62.0 cm³/mol. The van der Waals surface area contributed by atoms with Crippen molar-refractivity contribution in [2.45, 2.75) is 19.9 Å². The van der Waals surface area contributed by atoms with Gasteiger partial charge >= 0.3 is 5.97 Å². The van der Waals surface area contributed by atoms with Crippen LogP contribution in [0.3, 0.4) is 0 Å². The molecule has 0 radical (unpaired) electrons. The minimum absolute atomic E-state index is 0.171. The van der Waals surface area contributed by atoms with E-state index in [-0.39, 0.29) is 12.3 Å². The SMILES string of the molecule is CC(CC(=O)O)CN(C)Cc1ccncc1. The smallest absolute Gasteiger partial charge is 0.303 e. The van der Waals surface area contributed by atoms with Crippen LogP contribution >= 0.6 is 0 Å². The zero-order chi connectivity index (χ0) is 12.0. The molecular formula is C12H18N2O2. The number of carbonyl (C=O) groups is 1. The third-order valence-corrected chi connectivity index (χ3v) is 2.35. The van der Waals surface area contributed by atoms with Crippen LogP contribution in [-0.2, 0) is 11.3 Å². The van der Waals surface area contributed by atoms with Crippen LogP contribution in [0, 0.1) is 5.92 Å². The van der Waals surface area contributed by atoms with E-state index < -0.39 is 5.97 Å². The van der Waals surface area contributed by atoms with Crippen LogP contribution in [0.15, 0.2) is 24.5 Å². The monoisotopic (exact) mass is 222 g/mol. The molecule has 1 aromatic rings. The molecule has 0 aliphatic heterocycles. The van der Waals surface area contributed by atoms with Gasteiger partial charge in [0.15, 0.2) is 0 Å². The highest BCUT2D eigenvalue weighted by Gasteiger charge is 2.10. The van der Waals surface area contributed by atoms with Crippen molar-refractivity contribution in [2.24, 2.45) is 5.92 Å². The molecule has 1 heterocycles. The molecule has 0 saturated heterocycles. The average molecular weight is 222 g/mol. The summed E-state index contributed by atoms with van der Waals surface area (Å²) < 4.78 is 0. The Bertz CT molecular complexity index is 327. The second kappa shape index (κ2) is 6.23. The van der Waals surface area contributed by atoms with E-state index in [2.05, 4.69) is 9.88 Å². The number of pyridine rings is 1. The summed E-state index contributed by atoms with van der Waals surface area (Å²) in [5.74, 6) is -0.561. The van der Waals surface area contributed by atoms with Crippen molar-refractivity contribution in [1.29, 1.82) is 0 Å². The molecule has 0 aromatic carbocycles. The fourth-order valence-corrected chi connectivity index (χ4v) is 1.76. The van der Waals surface area contributed by atoms with Crippen molar-refractivity contribution in [3.8, 4) is 0 Å². The van der Waals surface area contributed by atoms with Crippen molar-refractivity contribution in [3.05, 3.63) is 30.1 Å². The van der Waals surface area contributed by atoms with Crippen LogP contribution < -0.4 is 0 Å². The average Bonchev–Trinajstić information content (AvgIpc) is 2.17. The van der Waals surface area contributed by atoms with Crippen molar-refractivity contribution in [2.75, 3.05) is 13.6 Å². The van der Waals surface area contributed by atoms with Crippen LogP contribution in [0.2, 0.25) is 0 Å². The maximum absolute atomic E-state index is 10.5. The number of hydrogen-bond donors (Lipinski definition) is 1. The van der Waals surface area contributed by atoms with E-state index in [9.17, 15) is 4.79 Å². The van der Waals surface area contributed by atoms with Crippen molar-refractivity contribution >= 4 is 5.97 Å². The summed E-state index contributed by atoms with van der Waals surface area (Å²) >= 11 is 0. The summed E-state index contributed by atoms with van der Waals surface area (Å²) in [7, 11) is 2.00. The van der Waals surface area contributed by atoms with Gasteiger partial charge in [-0.25, -0.2) is 0 Å². The van der Waals surface area contributed by atoms with Crippen molar-refractivity contribution < 1.29 is 9.90 Å². The lowest BCUT2D eigenvalue weighted by atomic mass is 10.1. The second-order valence-electron chi connectivity index (χ2n) is 4.26. The van der Waals surface area contributed by atoms with Gasteiger partial charge in [-0.2, -0.15) is 0 Å². The molecule has 0 saturated carbocycles. The second-order valence-corrected chi connectivity index (χ2v) is 4.26. The molecule has 4 heteroatoms. The Morgan fingerprint density at radius 2 is 2.12 bits per heavy atom. The Morgan fingerprint density at radius 1 is 1.50 bits per heavy atom. The Hall–Kier alpha value is -1.42. The largest absolute Gasteiger partial charge is 0.481 e. The summed E-state index contributed by atoms with van der Waals surface area (Å²) in [5.41, 5.74) is 1.19. The minimum Gasteiger partial charge on any atom is -0.481 e. The molecule has 1 atom stereocenters. The van der Waals surface area contributed by atoms with E-state index in [1.165, 1.54) is 5.56 Å². The molecule has 0 fully saturated rings. The molecule has 1 N–H and O–H groups in total. The number of rotatable bonds is 6. The number of aromatic nitrogens is 1. The van der Waals surface area contributed by atoms with Crippen molar-refractivity contribution in [1.82, 2.24) is 9.88 Å². The Morgan fingerprint density at radius 3 is 2.69 bits per heavy atom. The van der Waals surface area contributed by atoms with Crippen LogP contribution in [-0.4, -0.2) is 34.6 Å². The lowest BCUT2D eigenvalue weighted by Gasteiger charge is -2.20. The van der Waals surface area contributed by atoms with Gasteiger partial charge in [0.25, 0.3) is 0 Å². The number of carboxylic acid groups (broad SMARTS) is 1. The minimum atomic E-state index is -0.732. The molecule has 0 aliphatic rings. The highest BCUT2D eigenvalue weighted by atomic mass is 16.4. The Kier molecular flexibility index (Phi) is 4.92. The fourth-order valence-electron chi connectivity index (χ4n) is 1.76. The molecule has 1 aromatic heterocycles. The van der Waals surface area contributed by atoms with E-state index in [0.717, 1.165) is 13.1 Å². The lowest BCUT2D eigenvalue weighted by molar-refractivity contribution is -0.138. The third-order valence-electron chi connectivity index (χ3n) is 2.35. The highest BCUT2D eigenvalue weighted by Crippen LogP contribution is 2.07. The summed E-state index contributed by atoms with van der Waals surface area (Å²) in [4.78, 5) is 16.6. The highest BCUT2D eigenvalue weighted by molar-refractivity contribution is 5.66. The van der Waals surface area contributed by atoms with Gasteiger partial charge in [-0.05, 0) is 30.7 Å². The summed E-state index contributed by atoms with van der Waals surface area (Å²) in [6, 6.07) is 3.94. The van der Waals surface area contributed by atoms with Crippen LogP contribution in [0.5, 0.6) is 0 Å². The van der Waals surface area contributed by atoms with E-state index in [1.807, 2.05) is 26.1 Å². The van der Waals surface area contributed by atoms with Gasteiger partial charge in [-0.3, -0.25) is 9.78 Å². The molecule has 0 spiro atoms. The van der Waals surface area contributed by atoms with E-state index in [0.29, 0.717) is 0 Å². The molecule has 88 valence electrons. The summed E-state index contributed by atoms with van der Waals surface area (Å²) in [5, 5.41) is 8.66. The molecular weight excluding hydrogens is 204 g/mol. The quantitative estimate of drug-likeness (QED) is 0.794. The molecule has 16 heavy (non-hydrogen) atoms. The molecule has 1 rings (SSSR count). The third kappa shape index (κ3) is 4.89. The van der Waals surface area contributed by atoms with Gasteiger partial charge in [-0.15, -0.1) is 0 Å². The molecule has 0 bridgehead atoms. The predicted octanol–water partition coefficient (Wildman–Crippen LogP) is 1.62. The maximum atomic E-state index is 10.5. The normalized spacial score (nSPS) is 12.7. The van der Waals surface area contributed by atoms with Crippen LogP contribution in [0.4, 0.5) is 0 Å². The zero-order valence-electron chi connectivity index (χ0n) is 9.76. The Balaban J connectivity index is 2.36. The van der Waals surface area contributed by atoms with Gasteiger partial charge in [0.05, 0.1) is 0 Å². The van der Waals surface area contributed by atoms with Gasteiger partial charge < -0.3 is 10.0 Å². The standard InChI is InChI=1S/C12H18N2O2/c1-10(7-12(15)16)8-14(2)9-11-3-5-13-6-4-11/h3-6,10H,7-9H2,1-2H3,(H,15,16). The zero-order valence-corrected chi connectivity index (χ0v) is 9.76. The first-order valence-electron chi connectivity index (χ1n) is 5.37. The number of carboxylic acids is 1. The first-order valence-corrected chi connectivity index (χ1v) is 5.37. The topological polar surface area (TPSA) is 53.4 Å². The maximum Gasteiger partial charge on any atom is 0.303 e. The molecule has 0 amide bonds. The summed E-state index contributed by atoms with van der Waals surface area (Å²) in [6.45, 7) is 3.57. The number of nitrogens with zero attached hydrogens (tertiary/aromatic N) is 2.